The predicted molar refractivity (Wildman–Crippen MR) is 117 cm³/mol. The van der Waals surface area contributed by atoms with Crippen LogP contribution < -0.4 is 10.5 Å². The van der Waals surface area contributed by atoms with Gasteiger partial charge in [-0.1, -0.05) is 0 Å². The van der Waals surface area contributed by atoms with Gasteiger partial charge in [-0.25, -0.2) is 4.98 Å². The number of nitrogen functional groups attached to an aromatic ring is 1. The van der Waals surface area contributed by atoms with Crippen LogP contribution in [0.3, 0.4) is 0 Å². The fourth-order valence-electron chi connectivity index (χ4n) is 4.39. The fraction of sp³-hybridized carbons (Fsp3) is 0.391. The molecular formula is C23H25N5O4. The van der Waals surface area contributed by atoms with Gasteiger partial charge in [-0.05, 0) is 43.7 Å². The Balaban J connectivity index is 1.48. The lowest BCUT2D eigenvalue weighted by Gasteiger charge is -2.35. The van der Waals surface area contributed by atoms with Crippen molar-refractivity contribution in [1.82, 2.24) is 20.1 Å². The third kappa shape index (κ3) is 3.53. The Labute approximate surface area is 185 Å². The number of hydrogen-bond acceptors (Lipinski definition) is 8. The van der Waals surface area contributed by atoms with Gasteiger partial charge in [-0.15, -0.1) is 10.2 Å². The van der Waals surface area contributed by atoms with Crippen LogP contribution >= 0.6 is 0 Å². The van der Waals surface area contributed by atoms with Gasteiger partial charge in [0.25, 0.3) is 5.91 Å². The Morgan fingerprint density at radius 3 is 2.94 bits per heavy atom. The van der Waals surface area contributed by atoms with Crippen molar-refractivity contribution in [3.05, 3.63) is 52.7 Å². The van der Waals surface area contributed by atoms with E-state index in [1.54, 1.807) is 17.0 Å². The normalized spacial score (nSPS) is 20.4. The van der Waals surface area contributed by atoms with Crippen LogP contribution in [0.25, 0.3) is 10.9 Å². The number of hydrogen-bond donors (Lipinski definition) is 1. The molecule has 1 amide bonds. The lowest BCUT2D eigenvalue weighted by Crippen LogP contribution is -2.43. The number of ether oxygens (including phenoxy) is 3. The molecule has 2 N–H and O–H groups in total. The summed E-state index contributed by atoms with van der Waals surface area (Å²) < 4.78 is 16.8. The Kier molecular flexibility index (Phi) is 5.36. The van der Waals surface area contributed by atoms with Crippen molar-refractivity contribution in [3.63, 3.8) is 0 Å². The molecule has 2 aliphatic rings. The Bertz CT molecular complexity index is 1170. The first kappa shape index (κ1) is 20.6. The zero-order chi connectivity index (χ0) is 22.2. The van der Waals surface area contributed by atoms with Crippen LogP contribution in [0.15, 0.2) is 30.3 Å². The average molecular weight is 435 g/mol. The maximum atomic E-state index is 13.5. The molecule has 2 aromatic heterocycles. The van der Waals surface area contributed by atoms with Crippen molar-refractivity contribution in [2.75, 3.05) is 32.1 Å². The third-order valence-electron chi connectivity index (χ3n) is 5.98. The highest BCUT2D eigenvalue weighted by Gasteiger charge is 2.32. The van der Waals surface area contributed by atoms with Crippen molar-refractivity contribution in [1.29, 1.82) is 0 Å². The van der Waals surface area contributed by atoms with E-state index in [2.05, 4.69) is 15.2 Å². The van der Waals surface area contributed by atoms with Gasteiger partial charge in [0.05, 0.1) is 49.8 Å². The van der Waals surface area contributed by atoms with Crippen LogP contribution in [0.4, 0.5) is 5.82 Å². The van der Waals surface area contributed by atoms with Gasteiger partial charge in [-0.3, -0.25) is 4.79 Å². The molecule has 9 nitrogen and oxygen atoms in total. The quantitative estimate of drug-likeness (QED) is 0.666. The SMILES string of the molecule is CCOc1ccc([C@H]2COCCN2C(=O)c2ccc3nc(N)c4c(c3c2)CO[C@@H]4C)nn1. The summed E-state index contributed by atoms with van der Waals surface area (Å²) in [6.45, 7) is 6.12. The fourth-order valence-corrected chi connectivity index (χ4v) is 4.39. The number of carbonyl (C=O) groups excluding carboxylic acids is 1. The molecule has 0 aliphatic carbocycles. The molecule has 3 aromatic rings. The van der Waals surface area contributed by atoms with Gasteiger partial charge < -0.3 is 24.8 Å². The summed E-state index contributed by atoms with van der Waals surface area (Å²) in [4.78, 5) is 19.9. The second-order valence-electron chi connectivity index (χ2n) is 7.89. The van der Waals surface area contributed by atoms with E-state index in [0.29, 0.717) is 55.9 Å². The number of rotatable bonds is 4. The lowest BCUT2D eigenvalue weighted by molar-refractivity contribution is -0.00417. The van der Waals surface area contributed by atoms with Crippen LogP contribution in [0, 0.1) is 0 Å². The zero-order valence-electron chi connectivity index (χ0n) is 18.1. The van der Waals surface area contributed by atoms with Crippen molar-refractivity contribution < 1.29 is 19.0 Å². The van der Waals surface area contributed by atoms with Crippen LogP contribution in [-0.4, -0.2) is 52.4 Å². The average Bonchev–Trinajstić information content (AvgIpc) is 3.22. The number of aromatic nitrogens is 3. The molecule has 5 rings (SSSR count). The Morgan fingerprint density at radius 2 is 2.16 bits per heavy atom. The minimum atomic E-state index is -0.325. The van der Waals surface area contributed by atoms with Gasteiger partial charge in [-0.2, -0.15) is 0 Å². The number of nitrogens with zero attached hydrogens (tertiary/aromatic N) is 4. The number of benzene rings is 1. The molecule has 32 heavy (non-hydrogen) atoms. The number of pyridine rings is 1. The topological polar surface area (TPSA) is 113 Å². The van der Waals surface area contributed by atoms with Crippen molar-refractivity contribution >= 4 is 22.6 Å². The molecule has 0 unspecified atom stereocenters. The van der Waals surface area contributed by atoms with E-state index in [-0.39, 0.29) is 18.1 Å². The lowest BCUT2D eigenvalue weighted by atomic mass is 9.99. The number of morpholine rings is 1. The molecular weight excluding hydrogens is 410 g/mol. The molecule has 0 spiro atoms. The number of amides is 1. The van der Waals surface area contributed by atoms with E-state index >= 15 is 0 Å². The molecule has 0 radical (unpaired) electrons. The van der Waals surface area contributed by atoms with E-state index in [1.807, 2.05) is 32.0 Å². The van der Waals surface area contributed by atoms with Crippen molar-refractivity contribution in [2.45, 2.75) is 32.6 Å². The van der Waals surface area contributed by atoms with E-state index in [4.69, 9.17) is 19.9 Å². The molecule has 166 valence electrons. The maximum Gasteiger partial charge on any atom is 0.254 e. The second-order valence-corrected chi connectivity index (χ2v) is 7.89. The van der Waals surface area contributed by atoms with Crippen LogP contribution in [0.5, 0.6) is 5.88 Å². The standard InChI is InChI=1S/C23H25N5O4/c1-3-31-20-7-6-18(26-27-20)19-12-30-9-8-28(19)23(29)14-4-5-17-15(10-14)16-11-32-13(2)21(16)22(24)25-17/h4-7,10,13,19H,3,8-9,11-12H2,1-2H3,(H2,24,25)/t13-,19-/m1/s1. The van der Waals surface area contributed by atoms with E-state index in [0.717, 1.165) is 22.0 Å². The molecule has 2 aliphatic heterocycles. The highest BCUT2D eigenvalue weighted by Crippen LogP contribution is 2.38. The second kappa shape index (κ2) is 8.33. The summed E-state index contributed by atoms with van der Waals surface area (Å²) in [6, 6.07) is 8.79. The number of fused-ring (bicyclic) bond motifs is 3. The number of carbonyl (C=O) groups is 1. The maximum absolute atomic E-state index is 13.5. The summed E-state index contributed by atoms with van der Waals surface area (Å²) in [6.07, 6.45) is -0.108. The zero-order valence-corrected chi connectivity index (χ0v) is 18.1. The molecule has 9 heteroatoms. The van der Waals surface area contributed by atoms with Gasteiger partial charge in [0.2, 0.25) is 5.88 Å². The highest BCUT2D eigenvalue weighted by atomic mass is 16.5. The van der Waals surface area contributed by atoms with Crippen LogP contribution in [0.2, 0.25) is 0 Å². The smallest absolute Gasteiger partial charge is 0.254 e. The minimum absolute atomic E-state index is 0.0894. The van der Waals surface area contributed by atoms with Crippen LogP contribution in [0.1, 0.15) is 53.2 Å². The summed E-state index contributed by atoms with van der Waals surface area (Å²) in [5, 5.41) is 9.28. The van der Waals surface area contributed by atoms with Gasteiger partial charge >= 0.3 is 0 Å². The highest BCUT2D eigenvalue weighted by molar-refractivity contribution is 5.99. The Morgan fingerprint density at radius 1 is 1.28 bits per heavy atom. The molecule has 4 heterocycles. The molecule has 2 atom stereocenters. The Hall–Kier alpha value is -3.30. The van der Waals surface area contributed by atoms with Crippen LogP contribution in [-0.2, 0) is 16.1 Å². The van der Waals surface area contributed by atoms with Crippen molar-refractivity contribution in [3.8, 4) is 5.88 Å². The minimum Gasteiger partial charge on any atom is -0.477 e. The van der Waals surface area contributed by atoms with Crippen molar-refractivity contribution in [2.24, 2.45) is 0 Å². The number of nitrogens with two attached hydrogens (primary N) is 1. The molecule has 0 saturated carbocycles. The molecule has 1 aromatic carbocycles. The third-order valence-corrected chi connectivity index (χ3v) is 5.98. The largest absolute Gasteiger partial charge is 0.477 e. The van der Waals surface area contributed by atoms with Gasteiger partial charge in [0, 0.05) is 29.1 Å². The summed E-state index contributed by atoms with van der Waals surface area (Å²) >= 11 is 0. The first-order chi connectivity index (χ1) is 15.6. The van der Waals surface area contributed by atoms with E-state index in [1.165, 1.54) is 0 Å². The van der Waals surface area contributed by atoms with E-state index in [9.17, 15) is 4.79 Å². The predicted octanol–water partition coefficient (Wildman–Crippen LogP) is 2.81. The summed E-state index contributed by atoms with van der Waals surface area (Å²) in [7, 11) is 0. The monoisotopic (exact) mass is 435 g/mol. The van der Waals surface area contributed by atoms with E-state index < -0.39 is 0 Å². The van der Waals surface area contributed by atoms with Gasteiger partial charge in [0.1, 0.15) is 5.82 Å². The number of anilines is 1. The molecule has 1 saturated heterocycles. The molecule has 1 fully saturated rings. The summed E-state index contributed by atoms with van der Waals surface area (Å²) in [5.74, 6) is 0.852. The summed E-state index contributed by atoms with van der Waals surface area (Å²) in [5.41, 5.74) is 10.1. The molecule has 0 bridgehead atoms. The van der Waals surface area contributed by atoms with Gasteiger partial charge in [0.15, 0.2) is 0 Å². The first-order valence-electron chi connectivity index (χ1n) is 10.8. The first-order valence-corrected chi connectivity index (χ1v) is 10.8.